The lowest BCUT2D eigenvalue weighted by Crippen LogP contribution is -2.30. The van der Waals surface area contributed by atoms with E-state index in [0.29, 0.717) is 29.5 Å². The van der Waals surface area contributed by atoms with Crippen LogP contribution in [-0.2, 0) is 14.8 Å². The maximum absolute atomic E-state index is 12.7. The van der Waals surface area contributed by atoms with Gasteiger partial charge in [0.2, 0.25) is 0 Å². The largest absolute Gasteiger partial charge is 0.494 e. The fourth-order valence-corrected chi connectivity index (χ4v) is 4.20. The molecule has 3 rings (SSSR count). The summed E-state index contributed by atoms with van der Waals surface area (Å²) in [5.74, 6) is 0.972. The van der Waals surface area contributed by atoms with Crippen LogP contribution in [0.25, 0.3) is 0 Å². The number of carbonyl (C=O) groups is 1. The SMILES string of the molecule is CCOc1ccc(NS(=O)(=O)c2ccc(NC(=O)[C@H](C)Oc3ccc(C)cc3C)cc2)cc1. The number of ether oxygens (including phenoxy) is 2. The molecule has 0 saturated carbocycles. The molecule has 0 bridgehead atoms. The van der Waals surface area contributed by atoms with Gasteiger partial charge < -0.3 is 14.8 Å². The van der Waals surface area contributed by atoms with E-state index in [2.05, 4.69) is 10.0 Å². The molecule has 0 aliphatic rings. The smallest absolute Gasteiger partial charge is 0.265 e. The van der Waals surface area contributed by atoms with Crippen LogP contribution in [0.2, 0.25) is 0 Å². The van der Waals surface area contributed by atoms with Crippen LogP contribution in [-0.4, -0.2) is 27.0 Å². The zero-order chi connectivity index (χ0) is 24.0. The van der Waals surface area contributed by atoms with Gasteiger partial charge >= 0.3 is 0 Å². The summed E-state index contributed by atoms with van der Waals surface area (Å²) in [6.45, 7) is 7.98. The highest BCUT2D eigenvalue weighted by Gasteiger charge is 2.18. The minimum atomic E-state index is -3.78. The summed E-state index contributed by atoms with van der Waals surface area (Å²) in [5.41, 5.74) is 2.96. The maximum Gasteiger partial charge on any atom is 0.265 e. The lowest BCUT2D eigenvalue weighted by Gasteiger charge is -2.17. The van der Waals surface area contributed by atoms with Gasteiger partial charge in [-0.1, -0.05) is 17.7 Å². The van der Waals surface area contributed by atoms with Gasteiger partial charge in [0, 0.05) is 11.4 Å². The van der Waals surface area contributed by atoms with Crippen LogP contribution in [0.5, 0.6) is 11.5 Å². The summed E-state index contributed by atoms with van der Waals surface area (Å²) in [4.78, 5) is 12.6. The third-order valence-corrected chi connectivity index (χ3v) is 6.25. The Kier molecular flexibility index (Phi) is 7.60. The van der Waals surface area contributed by atoms with Crippen molar-refractivity contribution in [3.8, 4) is 11.5 Å². The number of amides is 1. The molecular formula is C25H28N2O5S. The Balaban J connectivity index is 1.62. The number of anilines is 2. The molecule has 33 heavy (non-hydrogen) atoms. The number of nitrogens with one attached hydrogen (secondary N) is 2. The number of hydrogen-bond donors (Lipinski definition) is 2. The predicted octanol–water partition coefficient (Wildman–Crippen LogP) is 4.91. The highest BCUT2D eigenvalue weighted by Crippen LogP contribution is 2.22. The van der Waals surface area contributed by atoms with Crippen LogP contribution >= 0.6 is 0 Å². The zero-order valence-corrected chi connectivity index (χ0v) is 19.9. The Hall–Kier alpha value is -3.52. The molecule has 0 aromatic heterocycles. The number of hydrogen-bond acceptors (Lipinski definition) is 5. The van der Waals surface area contributed by atoms with Crippen molar-refractivity contribution in [3.63, 3.8) is 0 Å². The van der Waals surface area contributed by atoms with Crippen molar-refractivity contribution in [3.05, 3.63) is 77.9 Å². The Morgan fingerprint density at radius 1 is 0.939 bits per heavy atom. The van der Waals surface area contributed by atoms with E-state index in [4.69, 9.17) is 9.47 Å². The second kappa shape index (κ2) is 10.4. The standard InChI is InChI=1S/C25H28N2O5S/c1-5-31-22-11-7-21(8-12-22)27-33(29,30)23-13-9-20(10-14-23)26-25(28)19(4)32-24-15-6-17(2)16-18(24)3/h6-16,19,27H,5H2,1-4H3,(H,26,28)/t19-/m0/s1. The lowest BCUT2D eigenvalue weighted by molar-refractivity contribution is -0.122. The van der Waals surface area contributed by atoms with Crippen LogP contribution < -0.4 is 19.5 Å². The van der Waals surface area contributed by atoms with Crippen molar-refractivity contribution in [2.45, 2.75) is 38.7 Å². The van der Waals surface area contributed by atoms with E-state index in [0.717, 1.165) is 11.1 Å². The number of rotatable bonds is 9. The van der Waals surface area contributed by atoms with E-state index in [1.54, 1.807) is 31.2 Å². The number of carbonyl (C=O) groups excluding carboxylic acids is 1. The van der Waals surface area contributed by atoms with E-state index < -0.39 is 16.1 Å². The average molecular weight is 469 g/mol. The third-order valence-electron chi connectivity index (χ3n) is 4.85. The molecule has 0 unspecified atom stereocenters. The van der Waals surface area contributed by atoms with Gasteiger partial charge in [-0.05, 0) is 87.9 Å². The monoisotopic (exact) mass is 468 g/mol. The topological polar surface area (TPSA) is 93.7 Å². The van der Waals surface area contributed by atoms with Crippen molar-refractivity contribution in [1.29, 1.82) is 0 Å². The van der Waals surface area contributed by atoms with Gasteiger partial charge in [0.1, 0.15) is 11.5 Å². The highest BCUT2D eigenvalue weighted by atomic mass is 32.2. The van der Waals surface area contributed by atoms with Crippen LogP contribution in [0, 0.1) is 13.8 Å². The number of aryl methyl sites for hydroxylation is 2. The summed E-state index contributed by atoms with van der Waals surface area (Å²) >= 11 is 0. The van der Waals surface area contributed by atoms with Gasteiger partial charge in [0.25, 0.3) is 15.9 Å². The first kappa shape index (κ1) is 24.1. The number of benzene rings is 3. The van der Waals surface area contributed by atoms with E-state index >= 15 is 0 Å². The molecule has 0 saturated heterocycles. The minimum Gasteiger partial charge on any atom is -0.494 e. The molecule has 174 valence electrons. The quantitative estimate of drug-likeness (QED) is 0.465. The second-order valence-electron chi connectivity index (χ2n) is 7.61. The van der Waals surface area contributed by atoms with Crippen LogP contribution in [0.3, 0.4) is 0 Å². The molecule has 0 radical (unpaired) electrons. The van der Waals surface area contributed by atoms with Gasteiger partial charge in [-0.15, -0.1) is 0 Å². The fourth-order valence-electron chi connectivity index (χ4n) is 3.14. The van der Waals surface area contributed by atoms with Gasteiger partial charge in [-0.25, -0.2) is 8.42 Å². The molecule has 1 amide bonds. The van der Waals surface area contributed by atoms with E-state index in [1.165, 1.54) is 24.3 Å². The van der Waals surface area contributed by atoms with Gasteiger partial charge in [-0.2, -0.15) is 0 Å². The van der Waals surface area contributed by atoms with Crippen LogP contribution in [0.1, 0.15) is 25.0 Å². The van der Waals surface area contributed by atoms with Gasteiger partial charge in [-0.3, -0.25) is 9.52 Å². The van der Waals surface area contributed by atoms with Crippen LogP contribution in [0.4, 0.5) is 11.4 Å². The van der Waals surface area contributed by atoms with Crippen molar-refractivity contribution < 1.29 is 22.7 Å². The molecule has 3 aromatic rings. The second-order valence-corrected chi connectivity index (χ2v) is 9.29. The molecule has 3 aromatic carbocycles. The molecule has 0 aliphatic carbocycles. The summed E-state index contributed by atoms with van der Waals surface area (Å²) in [7, 11) is -3.78. The molecule has 7 nitrogen and oxygen atoms in total. The van der Waals surface area contributed by atoms with Gasteiger partial charge in [0.15, 0.2) is 6.10 Å². The summed E-state index contributed by atoms with van der Waals surface area (Å²) in [6, 6.07) is 18.3. The van der Waals surface area contributed by atoms with Crippen molar-refractivity contribution >= 4 is 27.3 Å². The number of sulfonamides is 1. The Morgan fingerprint density at radius 2 is 1.58 bits per heavy atom. The molecule has 0 spiro atoms. The van der Waals surface area contributed by atoms with Crippen molar-refractivity contribution in [2.24, 2.45) is 0 Å². The average Bonchev–Trinajstić information content (AvgIpc) is 2.77. The van der Waals surface area contributed by atoms with E-state index in [-0.39, 0.29) is 10.8 Å². The van der Waals surface area contributed by atoms with Gasteiger partial charge in [0.05, 0.1) is 11.5 Å². The Labute approximate surface area is 194 Å². The zero-order valence-electron chi connectivity index (χ0n) is 19.1. The van der Waals surface area contributed by atoms with E-state index in [9.17, 15) is 13.2 Å². The molecular weight excluding hydrogens is 440 g/mol. The first-order valence-electron chi connectivity index (χ1n) is 10.6. The summed E-state index contributed by atoms with van der Waals surface area (Å²) in [5, 5.41) is 2.75. The Morgan fingerprint density at radius 3 is 2.18 bits per heavy atom. The lowest BCUT2D eigenvalue weighted by atomic mass is 10.1. The predicted molar refractivity (Wildman–Crippen MR) is 129 cm³/mol. The molecule has 0 aliphatic heterocycles. The summed E-state index contributed by atoms with van der Waals surface area (Å²) in [6.07, 6.45) is -0.726. The Bertz CT molecular complexity index is 1210. The summed E-state index contributed by atoms with van der Waals surface area (Å²) < 4.78 is 39.0. The van der Waals surface area contributed by atoms with E-state index in [1.807, 2.05) is 39.0 Å². The van der Waals surface area contributed by atoms with Crippen LogP contribution in [0.15, 0.2) is 71.6 Å². The van der Waals surface area contributed by atoms with Crippen molar-refractivity contribution in [1.82, 2.24) is 0 Å². The first-order valence-corrected chi connectivity index (χ1v) is 12.1. The maximum atomic E-state index is 12.7. The molecule has 0 fully saturated rings. The first-order chi connectivity index (χ1) is 15.7. The normalized spacial score (nSPS) is 12.0. The molecule has 1 atom stereocenters. The fraction of sp³-hybridized carbons (Fsp3) is 0.240. The molecule has 0 heterocycles. The molecule has 2 N–H and O–H groups in total. The minimum absolute atomic E-state index is 0.0777. The highest BCUT2D eigenvalue weighted by molar-refractivity contribution is 7.92. The molecule has 8 heteroatoms. The van der Waals surface area contributed by atoms with Crippen molar-refractivity contribution in [2.75, 3.05) is 16.6 Å². The third kappa shape index (κ3) is 6.49.